The van der Waals surface area contributed by atoms with Crippen molar-refractivity contribution < 1.29 is 0 Å². The molecular formula is C17H25N5S. The predicted molar refractivity (Wildman–Crippen MR) is 97.3 cm³/mol. The van der Waals surface area contributed by atoms with Crippen molar-refractivity contribution in [2.45, 2.75) is 39.5 Å². The fourth-order valence-corrected chi connectivity index (χ4v) is 5.02. The molecule has 1 fully saturated rings. The molecule has 23 heavy (non-hydrogen) atoms. The van der Waals surface area contributed by atoms with Gasteiger partial charge in [-0.05, 0) is 43.2 Å². The van der Waals surface area contributed by atoms with Gasteiger partial charge in [-0.3, -0.25) is 0 Å². The van der Waals surface area contributed by atoms with E-state index in [2.05, 4.69) is 34.0 Å². The van der Waals surface area contributed by atoms with Crippen LogP contribution in [0.3, 0.4) is 0 Å². The average Bonchev–Trinajstić information content (AvgIpc) is 2.70. The number of anilines is 2. The molecule has 124 valence electrons. The van der Waals surface area contributed by atoms with Crippen molar-refractivity contribution >= 4 is 33.3 Å². The van der Waals surface area contributed by atoms with Gasteiger partial charge in [0.15, 0.2) is 5.82 Å². The van der Waals surface area contributed by atoms with Gasteiger partial charge in [0.2, 0.25) is 5.95 Å². The number of fused-ring (bicyclic) bond motifs is 3. The van der Waals surface area contributed by atoms with Gasteiger partial charge in [-0.15, -0.1) is 11.3 Å². The van der Waals surface area contributed by atoms with Crippen molar-refractivity contribution in [1.29, 1.82) is 0 Å². The Labute approximate surface area is 141 Å². The lowest BCUT2D eigenvalue weighted by atomic mass is 9.77. The standard InChI is InChI=1S/C17H25N5S/c1-17(2)5-4-12-11(10-17)13-14(23-12)15(21-16(18)20-13)22-8-3-6-19-7-9-22/h19H,3-10H2,1-2H3,(H2,18,20,21). The first kappa shape index (κ1) is 15.1. The summed E-state index contributed by atoms with van der Waals surface area (Å²) in [7, 11) is 0. The van der Waals surface area contributed by atoms with Gasteiger partial charge in [0.25, 0.3) is 0 Å². The SMILES string of the molecule is CC1(C)CCc2sc3c(N4CCCNCC4)nc(N)nc3c2C1. The highest BCUT2D eigenvalue weighted by Gasteiger charge is 2.30. The highest BCUT2D eigenvalue weighted by molar-refractivity contribution is 7.19. The number of nitrogens with two attached hydrogens (primary N) is 1. The topological polar surface area (TPSA) is 67.1 Å². The molecule has 2 aliphatic rings. The van der Waals surface area contributed by atoms with Crippen molar-refractivity contribution in [3.8, 4) is 0 Å². The van der Waals surface area contributed by atoms with Gasteiger partial charge in [-0.25, -0.2) is 4.98 Å². The first-order valence-corrected chi connectivity index (χ1v) is 9.39. The third kappa shape index (κ3) is 2.78. The number of aromatic nitrogens is 2. The molecule has 0 spiro atoms. The lowest BCUT2D eigenvalue weighted by molar-refractivity contribution is 0.319. The molecule has 1 saturated heterocycles. The summed E-state index contributed by atoms with van der Waals surface area (Å²) in [6.45, 7) is 8.81. The maximum absolute atomic E-state index is 6.07. The van der Waals surface area contributed by atoms with Crippen molar-refractivity contribution in [2.24, 2.45) is 5.41 Å². The number of hydrogen-bond acceptors (Lipinski definition) is 6. The Morgan fingerprint density at radius 3 is 2.96 bits per heavy atom. The minimum absolute atomic E-state index is 0.355. The van der Waals surface area contributed by atoms with Crippen molar-refractivity contribution in [3.63, 3.8) is 0 Å². The van der Waals surface area contributed by atoms with Gasteiger partial charge in [-0.1, -0.05) is 13.8 Å². The van der Waals surface area contributed by atoms with Crippen LogP contribution in [0.15, 0.2) is 0 Å². The van der Waals surface area contributed by atoms with Gasteiger partial charge in [-0.2, -0.15) is 4.98 Å². The molecule has 0 saturated carbocycles. The average molecular weight is 331 g/mol. The van der Waals surface area contributed by atoms with Crippen molar-refractivity contribution in [2.75, 3.05) is 36.8 Å². The van der Waals surface area contributed by atoms with E-state index in [9.17, 15) is 0 Å². The number of hydrogen-bond donors (Lipinski definition) is 2. The molecule has 0 amide bonds. The second-order valence-electron chi connectivity index (χ2n) is 7.52. The number of rotatable bonds is 1. The predicted octanol–water partition coefficient (Wildman–Crippen LogP) is 2.59. The molecule has 0 atom stereocenters. The molecule has 2 aromatic rings. The summed E-state index contributed by atoms with van der Waals surface area (Å²) in [4.78, 5) is 13.1. The molecule has 0 aromatic carbocycles. The van der Waals surface area contributed by atoms with Crippen LogP contribution in [0.25, 0.3) is 10.2 Å². The first-order chi connectivity index (χ1) is 11.0. The van der Waals surface area contributed by atoms with Crippen LogP contribution >= 0.6 is 11.3 Å². The van der Waals surface area contributed by atoms with Crippen LogP contribution in [-0.2, 0) is 12.8 Å². The van der Waals surface area contributed by atoms with Crippen LogP contribution in [0.2, 0.25) is 0 Å². The zero-order valence-electron chi connectivity index (χ0n) is 14.0. The number of thiophene rings is 1. The summed E-state index contributed by atoms with van der Waals surface area (Å²) >= 11 is 1.89. The lowest BCUT2D eigenvalue weighted by Crippen LogP contribution is -2.29. The minimum Gasteiger partial charge on any atom is -0.368 e. The molecule has 3 N–H and O–H groups in total. The summed E-state index contributed by atoms with van der Waals surface area (Å²) in [6, 6.07) is 0. The third-order valence-electron chi connectivity index (χ3n) is 5.04. The van der Waals surface area contributed by atoms with E-state index in [0.29, 0.717) is 11.4 Å². The highest BCUT2D eigenvalue weighted by atomic mass is 32.1. The molecule has 5 nitrogen and oxygen atoms in total. The zero-order chi connectivity index (χ0) is 16.0. The van der Waals surface area contributed by atoms with Gasteiger partial charge in [0, 0.05) is 24.5 Å². The third-order valence-corrected chi connectivity index (χ3v) is 6.31. The summed E-state index contributed by atoms with van der Waals surface area (Å²) < 4.78 is 1.24. The van der Waals surface area contributed by atoms with E-state index in [-0.39, 0.29) is 0 Å². The molecule has 4 rings (SSSR count). The highest BCUT2D eigenvalue weighted by Crippen LogP contribution is 2.44. The zero-order valence-corrected chi connectivity index (χ0v) is 14.8. The Morgan fingerprint density at radius 2 is 2.09 bits per heavy atom. The van der Waals surface area contributed by atoms with Crippen molar-refractivity contribution in [1.82, 2.24) is 15.3 Å². The maximum Gasteiger partial charge on any atom is 0.222 e. The number of nitrogen functional groups attached to an aromatic ring is 1. The van der Waals surface area contributed by atoms with E-state index in [1.54, 1.807) is 0 Å². The summed E-state index contributed by atoms with van der Waals surface area (Å²) in [5, 5.41) is 3.46. The number of nitrogens with one attached hydrogen (secondary N) is 1. The second-order valence-corrected chi connectivity index (χ2v) is 8.62. The Kier molecular flexibility index (Phi) is 3.69. The second kappa shape index (κ2) is 5.60. The molecule has 6 heteroatoms. The number of aryl methyl sites for hydroxylation is 1. The fourth-order valence-electron chi connectivity index (χ4n) is 3.75. The molecule has 0 unspecified atom stereocenters. The van der Waals surface area contributed by atoms with Gasteiger partial charge in [0.1, 0.15) is 0 Å². The molecule has 0 bridgehead atoms. The Balaban J connectivity index is 1.84. The normalized spacial score (nSPS) is 21.2. The van der Waals surface area contributed by atoms with Crippen LogP contribution in [0, 0.1) is 5.41 Å². The van der Waals surface area contributed by atoms with Crippen LogP contribution in [0.4, 0.5) is 11.8 Å². The van der Waals surface area contributed by atoms with Crippen LogP contribution in [0.5, 0.6) is 0 Å². The smallest absolute Gasteiger partial charge is 0.222 e. The van der Waals surface area contributed by atoms with Gasteiger partial charge >= 0.3 is 0 Å². The van der Waals surface area contributed by atoms with E-state index in [0.717, 1.165) is 56.8 Å². The minimum atomic E-state index is 0.355. The van der Waals surface area contributed by atoms with E-state index >= 15 is 0 Å². The molecule has 3 heterocycles. The van der Waals surface area contributed by atoms with Crippen LogP contribution in [-0.4, -0.2) is 36.1 Å². The van der Waals surface area contributed by atoms with E-state index in [1.807, 2.05) is 11.3 Å². The Bertz CT molecular complexity index is 728. The Morgan fingerprint density at radius 1 is 1.22 bits per heavy atom. The van der Waals surface area contributed by atoms with Gasteiger partial charge in [0.05, 0.1) is 10.2 Å². The van der Waals surface area contributed by atoms with Crippen LogP contribution < -0.4 is 16.0 Å². The molecule has 1 aliphatic heterocycles. The maximum atomic E-state index is 6.07. The number of nitrogens with zero attached hydrogens (tertiary/aromatic N) is 3. The monoisotopic (exact) mass is 331 g/mol. The quantitative estimate of drug-likeness (QED) is 0.841. The summed E-state index contributed by atoms with van der Waals surface area (Å²) in [5.74, 6) is 1.46. The first-order valence-electron chi connectivity index (χ1n) is 8.57. The van der Waals surface area contributed by atoms with Gasteiger partial charge < -0.3 is 16.0 Å². The molecular weight excluding hydrogens is 306 g/mol. The fraction of sp³-hybridized carbons (Fsp3) is 0.647. The van der Waals surface area contributed by atoms with E-state index in [1.165, 1.54) is 21.6 Å². The van der Waals surface area contributed by atoms with Crippen molar-refractivity contribution in [3.05, 3.63) is 10.4 Å². The Hall–Kier alpha value is -1.40. The van der Waals surface area contributed by atoms with E-state index in [4.69, 9.17) is 5.73 Å². The van der Waals surface area contributed by atoms with E-state index < -0.39 is 0 Å². The summed E-state index contributed by atoms with van der Waals surface area (Å²) in [6.07, 6.45) is 4.65. The molecule has 2 aromatic heterocycles. The molecule has 1 aliphatic carbocycles. The summed E-state index contributed by atoms with van der Waals surface area (Å²) in [5.41, 5.74) is 8.95. The molecule has 0 radical (unpaired) electrons. The van der Waals surface area contributed by atoms with Crippen LogP contribution in [0.1, 0.15) is 37.1 Å². The lowest BCUT2D eigenvalue weighted by Gasteiger charge is -2.29. The largest absolute Gasteiger partial charge is 0.368 e.